The second-order valence-corrected chi connectivity index (χ2v) is 4.82. The van der Waals surface area contributed by atoms with Crippen LogP contribution < -0.4 is 16.6 Å². The van der Waals surface area contributed by atoms with Crippen molar-refractivity contribution in [3.05, 3.63) is 53.6 Å². The van der Waals surface area contributed by atoms with Crippen LogP contribution in [0.2, 0.25) is 0 Å². The lowest BCUT2D eigenvalue weighted by Crippen LogP contribution is -2.14. The molecule has 1 aromatic heterocycles. The molecular formula is C15H18F2N4. The average Bonchev–Trinajstić information content (AvgIpc) is 2.50. The Hall–Kier alpha value is -2.21. The molecule has 0 aliphatic heterocycles. The Morgan fingerprint density at radius 2 is 1.81 bits per heavy atom. The van der Waals surface area contributed by atoms with E-state index >= 15 is 0 Å². The normalized spacial score (nSPS) is 12.0. The Balaban J connectivity index is 1.94. The van der Waals surface area contributed by atoms with Gasteiger partial charge in [-0.15, -0.1) is 0 Å². The molecule has 21 heavy (non-hydrogen) atoms. The van der Waals surface area contributed by atoms with Gasteiger partial charge in [0.05, 0.1) is 0 Å². The first kappa shape index (κ1) is 15.2. The lowest BCUT2D eigenvalue weighted by atomic mass is 9.98. The minimum absolute atomic E-state index is 0.00962. The Morgan fingerprint density at radius 1 is 1.14 bits per heavy atom. The summed E-state index contributed by atoms with van der Waals surface area (Å²) in [7, 11) is 0. The molecule has 1 atom stereocenters. The predicted octanol–water partition coefficient (Wildman–Crippen LogP) is 3.25. The van der Waals surface area contributed by atoms with Crippen molar-refractivity contribution in [2.24, 2.45) is 5.84 Å². The zero-order valence-corrected chi connectivity index (χ0v) is 11.7. The molecule has 0 fully saturated rings. The standard InChI is InChI=1S/C15H18F2N4/c1-10(11-5-3-2-4-6-11)7-8-19-14-12(16)9-13(17)15(20-14)21-18/h2-6,9-10H,7-8,18H2,1H3,(H2,19,20,21). The summed E-state index contributed by atoms with van der Waals surface area (Å²) in [5.74, 6) is 3.69. The Kier molecular flexibility index (Phi) is 5.05. The number of benzene rings is 1. The summed E-state index contributed by atoms with van der Waals surface area (Å²) in [6.07, 6.45) is 0.800. The fraction of sp³-hybridized carbons (Fsp3) is 0.267. The minimum atomic E-state index is -0.821. The summed E-state index contributed by atoms with van der Waals surface area (Å²) in [5, 5.41) is 2.87. The number of nitrogen functional groups attached to an aromatic ring is 1. The van der Waals surface area contributed by atoms with Crippen molar-refractivity contribution >= 4 is 11.6 Å². The number of rotatable bonds is 6. The number of hydrogen-bond acceptors (Lipinski definition) is 4. The highest BCUT2D eigenvalue weighted by molar-refractivity contribution is 5.46. The minimum Gasteiger partial charge on any atom is -0.368 e. The van der Waals surface area contributed by atoms with Crippen molar-refractivity contribution in [3.63, 3.8) is 0 Å². The summed E-state index contributed by atoms with van der Waals surface area (Å²) >= 11 is 0. The molecule has 4 nitrogen and oxygen atoms in total. The van der Waals surface area contributed by atoms with Gasteiger partial charge in [0.1, 0.15) is 0 Å². The van der Waals surface area contributed by atoms with Crippen LogP contribution in [0.25, 0.3) is 0 Å². The molecule has 112 valence electrons. The average molecular weight is 292 g/mol. The zero-order chi connectivity index (χ0) is 15.2. The van der Waals surface area contributed by atoms with E-state index in [-0.39, 0.29) is 11.6 Å². The van der Waals surface area contributed by atoms with Crippen LogP contribution >= 0.6 is 0 Å². The quantitative estimate of drug-likeness (QED) is 0.565. The van der Waals surface area contributed by atoms with E-state index in [4.69, 9.17) is 5.84 Å². The fourth-order valence-electron chi connectivity index (χ4n) is 2.05. The summed E-state index contributed by atoms with van der Waals surface area (Å²) < 4.78 is 26.8. The molecule has 2 rings (SSSR count). The van der Waals surface area contributed by atoms with Crippen molar-refractivity contribution in [1.82, 2.24) is 4.98 Å². The van der Waals surface area contributed by atoms with Gasteiger partial charge in [0.25, 0.3) is 0 Å². The monoisotopic (exact) mass is 292 g/mol. The predicted molar refractivity (Wildman–Crippen MR) is 79.9 cm³/mol. The first-order valence-corrected chi connectivity index (χ1v) is 6.73. The molecule has 4 N–H and O–H groups in total. The van der Waals surface area contributed by atoms with Crippen LogP contribution in [0.1, 0.15) is 24.8 Å². The Morgan fingerprint density at radius 3 is 2.48 bits per heavy atom. The third-order valence-corrected chi connectivity index (χ3v) is 3.30. The van der Waals surface area contributed by atoms with Crippen molar-refractivity contribution < 1.29 is 8.78 Å². The van der Waals surface area contributed by atoms with E-state index in [0.29, 0.717) is 12.5 Å². The molecule has 0 saturated carbocycles. The van der Waals surface area contributed by atoms with Gasteiger partial charge < -0.3 is 10.7 Å². The van der Waals surface area contributed by atoms with Crippen LogP contribution in [0, 0.1) is 11.6 Å². The highest BCUT2D eigenvalue weighted by atomic mass is 19.1. The molecule has 0 amide bonds. The van der Waals surface area contributed by atoms with Gasteiger partial charge in [-0.3, -0.25) is 0 Å². The fourth-order valence-corrected chi connectivity index (χ4v) is 2.05. The van der Waals surface area contributed by atoms with Crippen LogP contribution in [0.4, 0.5) is 20.4 Å². The first-order valence-electron chi connectivity index (χ1n) is 6.73. The summed E-state index contributed by atoms with van der Waals surface area (Å²) in [4.78, 5) is 3.76. The maximum Gasteiger partial charge on any atom is 0.178 e. The van der Waals surface area contributed by atoms with Gasteiger partial charge in [-0.25, -0.2) is 19.6 Å². The molecule has 0 spiro atoms. The van der Waals surface area contributed by atoms with Gasteiger partial charge in [0.15, 0.2) is 23.3 Å². The molecular weight excluding hydrogens is 274 g/mol. The molecule has 2 aromatic rings. The third kappa shape index (κ3) is 3.88. The maximum absolute atomic E-state index is 13.6. The van der Waals surface area contributed by atoms with Crippen LogP contribution in [0.3, 0.4) is 0 Å². The molecule has 1 aromatic carbocycles. The van der Waals surface area contributed by atoms with Gasteiger partial charge in [-0.1, -0.05) is 37.3 Å². The lowest BCUT2D eigenvalue weighted by molar-refractivity contribution is 0.577. The van der Waals surface area contributed by atoms with E-state index in [2.05, 4.69) is 34.8 Å². The van der Waals surface area contributed by atoms with Crippen LogP contribution in [-0.4, -0.2) is 11.5 Å². The molecule has 0 radical (unpaired) electrons. The maximum atomic E-state index is 13.6. The van der Waals surface area contributed by atoms with Crippen LogP contribution in [0.15, 0.2) is 36.4 Å². The van der Waals surface area contributed by atoms with Crippen molar-refractivity contribution in [3.8, 4) is 0 Å². The largest absolute Gasteiger partial charge is 0.368 e. The third-order valence-electron chi connectivity index (χ3n) is 3.30. The SMILES string of the molecule is CC(CCNc1nc(NN)c(F)cc1F)c1ccccc1. The van der Waals surface area contributed by atoms with Crippen LogP contribution in [-0.2, 0) is 0 Å². The second kappa shape index (κ2) is 6.99. The van der Waals surface area contributed by atoms with Crippen molar-refractivity contribution in [1.29, 1.82) is 0 Å². The number of pyridine rings is 1. The van der Waals surface area contributed by atoms with Gasteiger partial charge in [0, 0.05) is 12.6 Å². The van der Waals surface area contributed by atoms with Gasteiger partial charge in [-0.2, -0.15) is 0 Å². The number of halogens is 2. The van der Waals surface area contributed by atoms with E-state index in [1.165, 1.54) is 5.56 Å². The van der Waals surface area contributed by atoms with Crippen molar-refractivity contribution in [2.75, 3.05) is 17.3 Å². The van der Waals surface area contributed by atoms with E-state index in [9.17, 15) is 8.78 Å². The van der Waals surface area contributed by atoms with E-state index in [1.807, 2.05) is 18.2 Å². The smallest absolute Gasteiger partial charge is 0.178 e. The molecule has 0 saturated heterocycles. The number of nitrogens with one attached hydrogen (secondary N) is 2. The zero-order valence-electron chi connectivity index (χ0n) is 11.7. The highest BCUT2D eigenvalue weighted by Crippen LogP contribution is 2.21. The summed E-state index contributed by atoms with van der Waals surface area (Å²) in [6.45, 7) is 2.62. The van der Waals surface area contributed by atoms with Gasteiger partial charge in [-0.05, 0) is 17.9 Å². The topological polar surface area (TPSA) is 63.0 Å². The molecule has 0 aliphatic carbocycles. The van der Waals surface area contributed by atoms with Crippen LogP contribution in [0.5, 0.6) is 0 Å². The molecule has 0 aliphatic rings. The van der Waals surface area contributed by atoms with E-state index < -0.39 is 11.6 Å². The number of aromatic nitrogens is 1. The first-order chi connectivity index (χ1) is 10.1. The van der Waals surface area contributed by atoms with Gasteiger partial charge >= 0.3 is 0 Å². The Bertz CT molecular complexity index is 590. The molecule has 1 unspecified atom stereocenters. The number of hydrogen-bond donors (Lipinski definition) is 3. The number of anilines is 2. The van der Waals surface area contributed by atoms with E-state index in [0.717, 1.165) is 12.5 Å². The lowest BCUT2D eigenvalue weighted by Gasteiger charge is -2.13. The highest BCUT2D eigenvalue weighted by Gasteiger charge is 2.11. The second-order valence-electron chi connectivity index (χ2n) is 4.82. The molecule has 1 heterocycles. The Labute approximate surface area is 122 Å². The number of nitrogens with zero attached hydrogens (tertiary/aromatic N) is 1. The molecule has 0 bridgehead atoms. The van der Waals surface area contributed by atoms with E-state index in [1.54, 1.807) is 0 Å². The summed E-state index contributed by atoms with van der Waals surface area (Å²) in [5.41, 5.74) is 3.31. The number of nitrogens with two attached hydrogens (primary N) is 1. The number of hydrazine groups is 1. The molecule has 6 heteroatoms. The summed E-state index contributed by atoms with van der Waals surface area (Å²) in [6, 6.07) is 10.8. The van der Waals surface area contributed by atoms with Crippen molar-refractivity contribution in [2.45, 2.75) is 19.3 Å². The van der Waals surface area contributed by atoms with Gasteiger partial charge in [0.2, 0.25) is 0 Å².